The molecule has 1 aromatic carbocycles. The van der Waals surface area contributed by atoms with Gasteiger partial charge >= 0.3 is 0 Å². The van der Waals surface area contributed by atoms with Crippen molar-refractivity contribution in [1.29, 1.82) is 0 Å². The zero-order valence-corrected chi connectivity index (χ0v) is 8.75. The second-order valence-corrected chi connectivity index (χ2v) is 3.39. The highest BCUT2D eigenvalue weighted by Gasteiger charge is 2.11. The molecule has 0 unspecified atom stereocenters. The van der Waals surface area contributed by atoms with Gasteiger partial charge in [0.25, 0.3) is 0 Å². The van der Waals surface area contributed by atoms with Crippen molar-refractivity contribution in [3.05, 3.63) is 40.8 Å². The fourth-order valence-electron chi connectivity index (χ4n) is 1.69. The monoisotopic (exact) mass is 193 g/mol. The van der Waals surface area contributed by atoms with Gasteiger partial charge in [-0.25, -0.2) is 0 Å². The molecular weight excluding hydrogens is 176 g/mol. The Hall–Kier alpha value is -0.860. The highest BCUT2D eigenvalue weighted by molar-refractivity contribution is 5.42. The Morgan fingerprint density at radius 3 is 2.50 bits per heavy atom. The van der Waals surface area contributed by atoms with Gasteiger partial charge in [-0.05, 0) is 23.1 Å². The lowest BCUT2D eigenvalue weighted by Gasteiger charge is -2.15. The van der Waals surface area contributed by atoms with Crippen LogP contribution in [0.2, 0.25) is 0 Å². The maximum atomic E-state index is 9.16. The molecule has 1 aromatic rings. The van der Waals surface area contributed by atoms with E-state index in [1.165, 1.54) is 0 Å². The van der Waals surface area contributed by atoms with E-state index in [1.807, 2.05) is 25.1 Å². The van der Waals surface area contributed by atoms with Crippen LogP contribution in [0.4, 0.5) is 0 Å². The summed E-state index contributed by atoms with van der Waals surface area (Å²) in [5.41, 5.74) is 3.17. The van der Waals surface area contributed by atoms with E-state index in [0.717, 1.165) is 29.0 Å². The van der Waals surface area contributed by atoms with E-state index >= 15 is 0 Å². The highest BCUT2D eigenvalue weighted by Crippen LogP contribution is 2.22. The molecule has 1 radical (unpaired) electrons. The van der Waals surface area contributed by atoms with Gasteiger partial charge in [-0.1, -0.05) is 32.0 Å². The van der Waals surface area contributed by atoms with Crippen LogP contribution in [-0.2, 0) is 13.0 Å². The van der Waals surface area contributed by atoms with Crippen LogP contribution < -0.4 is 0 Å². The molecule has 77 valence electrons. The zero-order chi connectivity index (χ0) is 10.6. The van der Waals surface area contributed by atoms with Crippen molar-refractivity contribution >= 4 is 0 Å². The van der Waals surface area contributed by atoms with E-state index in [-0.39, 0.29) is 13.2 Å². The molecule has 2 heteroatoms. The maximum Gasteiger partial charge on any atom is 0.0684 e. The van der Waals surface area contributed by atoms with Gasteiger partial charge in [0.15, 0.2) is 0 Å². The van der Waals surface area contributed by atoms with Crippen molar-refractivity contribution in [3.63, 3.8) is 0 Å². The minimum absolute atomic E-state index is 0.0652. The summed E-state index contributed by atoms with van der Waals surface area (Å²) in [4.78, 5) is 0. The number of hydrogen-bond donors (Lipinski definition) is 2. The Morgan fingerprint density at radius 2 is 2.00 bits per heavy atom. The normalized spacial score (nSPS) is 10.9. The molecule has 0 aliphatic carbocycles. The smallest absolute Gasteiger partial charge is 0.0684 e. The molecule has 0 saturated heterocycles. The molecule has 0 fully saturated rings. The van der Waals surface area contributed by atoms with Crippen molar-refractivity contribution in [2.24, 2.45) is 0 Å². The minimum Gasteiger partial charge on any atom is -0.395 e. The van der Waals surface area contributed by atoms with E-state index < -0.39 is 0 Å². The predicted molar refractivity (Wildman–Crippen MR) is 56.8 cm³/mol. The number of rotatable bonds is 4. The van der Waals surface area contributed by atoms with E-state index in [2.05, 4.69) is 6.92 Å². The minimum atomic E-state index is 0.0652. The van der Waals surface area contributed by atoms with Crippen molar-refractivity contribution in [2.45, 2.75) is 26.9 Å². The van der Waals surface area contributed by atoms with Gasteiger partial charge in [0.2, 0.25) is 0 Å². The van der Waals surface area contributed by atoms with E-state index in [1.54, 1.807) is 0 Å². The lowest BCUT2D eigenvalue weighted by molar-refractivity contribution is 0.280. The van der Waals surface area contributed by atoms with Gasteiger partial charge < -0.3 is 10.2 Å². The first-order chi connectivity index (χ1) is 6.74. The molecule has 0 saturated carbocycles. The Balaban J connectivity index is 3.14. The van der Waals surface area contributed by atoms with Crippen LogP contribution in [0.3, 0.4) is 0 Å². The molecule has 0 aliphatic heterocycles. The Kier molecular flexibility index (Phi) is 4.11. The summed E-state index contributed by atoms with van der Waals surface area (Å²) in [7, 11) is 0. The first kappa shape index (κ1) is 11.2. The fourth-order valence-corrected chi connectivity index (χ4v) is 1.69. The van der Waals surface area contributed by atoms with Crippen molar-refractivity contribution in [1.82, 2.24) is 0 Å². The summed E-state index contributed by atoms with van der Waals surface area (Å²) in [6.07, 6.45) is 0.878. The second kappa shape index (κ2) is 5.13. The third kappa shape index (κ3) is 2.14. The van der Waals surface area contributed by atoms with Crippen molar-refractivity contribution in [2.75, 3.05) is 6.61 Å². The molecule has 2 N–H and O–H groups in total. The summed E-state index contributed by atoms with van der Waals surface area (Å²) in [6, 6.07) is 5.83. The first-order valence-corrected chi connectivity index (χ1v) is 4.89. The summed E-state index contributed by atoms with van der Waals surface area (Å²) in [5, 5.41) is 18.2. The number of aliphatic hydroxyl groups excluding tert-OH is 2. The van der Waals surface area contributed by atoms with Gasteiger partial charge in [-0.15, -0.1) is 0 Å². The van der Waals surface area contributed by atoms with Gasteiger partial charge in [-0.3, -0.25) is 0 Å². The molecule has 0 heterocycles. The Morgan fingerprint density at radius 1 is 1.29 bits per heavy atom. The van der Waals surface area contributed by atoms with Gasteiger partial charge in [0.1, 0.15) is 0 Å². The van der Waals surface area contributed by atoms with Crippen LogP contribution in [0.15, 0.2) is 18.2 Å². The van der Waals surface area contributed by atoms with Crippen LogP contribution in [0.25, 0.3) is 0 Å². The molecule has 0 aliphatic rings. The van der Waals surface area contributed by atoms with Crippen LogP contribution in [-0.4, -0.2) is 16.8 Å². The molecule has 0 atom stereocenters. The van der Waals surface area contributed by atoms with Crippen LogP contribution in [0.5, 0.6) is 0 Å². The first-order valence-electron chi connectivity index (χ1n) is 4.89. The van der Waals surface area contributed by atoms with Crippen LogP contribution in [0.1, 0.15) is 30.5 Å². The average Bonchev–Trinajstić information content (AvgIpc) is 2.26. The quantitative estimate of drug-likeness (QED) is 0.763. The van der Waals surface area contributed by atoms with Gasteiger partial charge in [0, 0.05) is 5.92 Å². The standard InChI is InChI=1S/C12H17O2/c1-3-11-10(8-14)5-4-6-12(11)9(2)7-13/h4-6,13-14H,3,7-8H2,1-2H3. The molecule has 2 nitrogen and oxygen atoms in total. The highest BCUT2D eigenvalue weighted by atomic mass is 16.3. The molecule has 0 amide bonds. The molecule has 0 aromatic heterocycles. The molecule has 14 heavy (non-hydrogen) atoms. The second-order valence-electron chi connectivity index (χ2n) is 3.39. The summed E-state index contributed by atoms with van der Waals surface area (Å²) in [6.45, 7) is 4.11. The van der Waals surface area contributed by atoms with Crippen LogP contribution in [0, 0.1) is 5.92 Å². The summed E-state index contributed by atoms with van der Waals surface area (Å²) < 4.78 is 0. The lowest BCUT2D eigenvalue weighted by atomic mass is 9.91. The fraction of sp³-hybridized carbons (Fsp3) is 0.417. The SMILES string of the molecule is CCc1c(CO)cccc1[C](C)CO. The molecule has 0 bridgehead atoms. The van der Waals surface area contributed by atoms with Gasteiger partial charge in [-0.2, -0.15) is 0 Å². The zero-order valence-electron chi connectivity index (χ0n) is 8.75. The summed E-state index contributed by atoms with van der Waals surface area (Å²) in [5.74, 6) is 0.956. The van der Waals surface area contributed by atoms with E-state index in [9.17, 15) is 0 Å². The number of aliphatic hydroxyl groups is 2. The molecular formula is C12H17O2. The molecule has 0 spiro atoms. The van der Waals surface area contributed by atoms with E-state index in [4.69, 9.17) is 10.2 Å². The van der Waals surface area contributed by atoms with Crippen LogP contribution >= 0.6 is 0 Å². The summed E-state index contributed by atoms with van der Waals surface area (Å²) >= 11 is 0. The number of hydrogen-bond acceptors (Lipinski definition) is 2. The van der Waals surface area contributed by atoms with Gasteiger partial charge in [0.05, 0.1) is 13.2 Å². The van der Waals surface area contributed by atoms with E-state index in [0.29, 0.717) is 0 Å². The number of benzene rings is 1. The third-order valence-electron chi connectivity index (χ3n) is 2.49. The Bertz CT molecular complexity index is 294. The lowest BCUT2D eigenvalue weighted by Crippen LogP contribution is -2.06. The average molecular weight is 193 g/mol. The topological polar surface area (TPSA) is 40.5 Å². The molecule has 1 rings (SSSR count). The third-order valence-corrected chi connectivity index (χ3v) is 2.49. The maximum absolute atomic E-state index is 9.16. The predicted octanol–water partition coefficient (Wildman–Crippen LogP) is 1.68. The van der Waals surface area contributed by atoms with Crippen molar-refractivity contribution in [3.8, 4) is 0 Å². The Labute approximate surface area is 85.2 Å². The largest absolute Gasteiger partial charge is 0.395 e. The van der Waals surface area contributed by atoms with Crippen molar-refractivity contribution < 1.29 is 10.2 Å².